The first-order chi connectivity index (χ1) is 13.1. The van der Waals surface area contributed by atoms with Crippen molar-refractivity contribution in [3.8, 4) is 0 Å². The van der Waals surface area contributed by atoms with Gasteiger partial charge < -0.3 is 9.64 Å². The van der Waals surface area contributed by atoms with Crippen molar-refractivity contribution in [3.05, 3.63) is 71.3 Å². The number of thioether (sulfide) groups is 1. The molecule has 0 aliphatic carbocycles. The van der Waals surface area contributed by atoms with E-state index < -0.39 is 6.04 Å². The lowest BCUT2D eigenvalue weighted by Gasteiger charge is -2.29. The molecule has 0 N–H and O–H groups in total. The number of esters is 1. The summed E-state index contributed by atoms with van der Waals surface area (Å²) in [5, 5.41) is -0.193. The van der Waals surface area contributed by atoms with Gasteiger partial charge in [0.15, 0.2) is 0 Å². The number of benzene rings is 2. The van der Waals surface area contributed by atoms with Crippen LogP contribution in [0.1, 0.15) is 46.6 Å². The van der Waals surface area contributed by atoms with E-state index in [4.69, 9.17) is 4.74 Å². The molecule has 1 aliphatic heterocycles. The smallest absolute Gasteiger partial charge is 0.329 e. The van der Waals surface area contributed by atoms with Gasteiger partial charge >= 0.3 is 5.97 Å². The Hall–Kier alpha value is -2.27. The van der Waals surface area contributed by atoms with Gasteiger partial charge in [-0.25, -0.2) is 4.79 Å². The molecule has 3 rings (SSSR count). The average Bonchev–Trinajstić information content (AvgIpc) is 3.14. The van der Waals surface area contributed by atoms with Crippen LogP contribution in [0.3, 0.4) is 0 Å². The maximum atomic E-state index is 13.4. The van der Waals surface area contributed by atoms with Gasteiger partial charge in [-0.3, -0.25) is 4.79 Å². The SMILES string of the molecule is CCCCOC(=O)C1CSC(c2ccccc2)N1C(=O)c1ccccc1C. The lowest BCUT2D eigenvalue weighted by Crippen LogP contribution is -2.44. The topological polar surface area (TPSA) is 46.6 Å². The van der Waals surface area contributed by atoms with Crippen LogP contribution in [0.5, 0.6) is 0 Å². The maximum absolute atomic E-state index is 13.4. The van der Waals surface area contributed by atoms with E-state index in [1.54, 1.807) is 16.7 Å². The van der Waals surface area contributed by atoms with Crippen molar-refractivity contribution in [1.82, 2.24) is 4.90 Å². The number of nitrogens with zero attached hydrogens (tertiary/aromatic N) is 1. The fourth-order valence-electron chi connectivity index (χ4n) is 3.18. The maximum Gasteiger partial charge on any atom is 0.329 e. The van der Waals surface area contributed by atoms with E-state index in [1.807, 2.05) is 61.5 Å². The van der Waals surface area contributed by atoms with Gasteiger partial charge in [-0.1, -0.05) is 61.9 Å². The number of amides is 1. The summed E-state index contributed by atoms with van der Waals surface area (Å²) in [6.45, 7) is 4.38. The number of carbonyl (C=O) groups excluding carboxylic acids is 2. The summed E-state index contributed by atoms with van der Waals surface area (Å²) in [5.74, 6) is 0.114. The minimum absolute atomic E-state index is 0.121. The fraction of sp³-hybridized carbons (Fsp3) is 0.364. The van der Waals surface area contributed by atoms with E-state index in [0.29, 0.717) is 17.9 Å². The van der Waals surface area contributed by atoms with Crippen molar-refractivity contribution < 1.29 is 14.3 Å². The second-order valence-electron chi connectivity index (χ2n) is 6.66. The molecule has 27 heavy (non-hydrogen) atoms. The van der Waals surface area contributed by atoms with E-state index in [0.717, 1.165) is 24.0 Å². The number of hydrogen-bond donors (Lipinski definition) is 0. The highest BCUT2D eigenvalue weighted by molar-refractivity contribution is 7.99. The van der Waals surface area contributed by atoms with E-state index in [-0.39, 0.29) is 17.3 Å². The molecule has 0 radical (unpaired) electrons. The van der Waals surface area contributed by atoms with Gasteiger partial charge in [-0.2, -0.15) is 0 Å². The summed E-state index contributed by atoms with van der Waals surface area (Å²) in [4.78, 5) is 27.8. The molecule has 0 saturated carbocycles. The summed E-state index contributed by atoms with van der Waals surface area (Å²) < 4.78 is 5.45. The van der Waals surface area contributed by atoms with Crippen LogP contribution in [0.2, 0.25) is 0 Å². The fourth-order valence-corrected chi connectivity index (χ4v) is 4.59. The highest BCUT2D eigenvalue weighted by atomic mass is 32.2. The van der Waals surface area contributed by atoms with E-state index in [9.17, 15) is 9.59 Å². The van der Waals surface area contributed by atoms with Crippen LogP contribution >= 0.6 is 11.8 Å². The zero-order chi connectivity index (χ0) is 19.2. The van der Waals surface area contributed by atoms with E-state index >= 15 is 0 Å². The van der Waals surface area contributed by atoms with Crippen molar-refractivity contribution in [2.75, 3.05) is 12.4 Å². The van der Waals surface area contributed by atoms with Gasteiger partial charge in [0.25, 0.3) is 5.91 Å². The Balaban J connectivity index is 1.91. The van der Waals surface area contributed by atoms with Crippen LogP contribution < -0.4 is 0 Å². The van der Waals surface area contributed by atoms with Crippen LogP contribution in [0.25, 0.3) is 0 Å². The summed E-state index contributed by atoms with van der Waals surface area (Å²) in [7, 11) is 0. The minimum atomic E-state index is -0.566. The van der Waals surface area contributed by atoms with Crippen LogP contribution in [0, 0.1) is 6.92 Å². The Morgan fingerprint density at radius 2 is 1.81 bits per heavy atom. The van der Waals surface area contributed by atoms with Crippen LogP contribution in [-0.4, -0.2) is 35.2 Å². The van der Waals surface area contributed by atoms with Gasteiger partial charge in [-0.05, 0) is 30.5 Å². The molecule has 5 heteroatoms. The van der Waals surface area contributed by atoms with Gasteiger partial charge in [0.1, 0.15) is 11.4 Å². The molecular weight excluding hydrogens is 358 g/mol. The van der Waals surface area contributed by atoms with Crippen LogP contribution in [0.4, 0.5) is 0 Å². The van der Waals surface area contributed by atoms with Crippen molar-refractivity contribution in [1.29, 1.82) is 0 Å². The first-order valence-corrected chi connectivity index (χ1v) is 10.4. The largest absolute Gasteiger partial charge is 0.464 e. The number of ether oxygens (including phenoxy) is 1. The summed E-state index contributed by atoms with van der Waals surface area (Å²) >= 11 is 1.61. The molecule has 1 amide bonds. The van der Waals surface area contributed by atoms with E-state index in [1.165, 1.54) is 0 Å². The minimum Gasteiger partial charge on any atom is -0.464 e. The second kappa shape index (κ2) is 9.09. The summed E-state index contributed by atoms with van der Waals surface area (Å²) in [6.07, 6.45) is 1.80. The molecule has 0 spiro atoms. The zero-order valence-electron chi connectivity index (χ0n) is 15.8. The molecule has 2 unspecified atom stereocenters. The van der Waals surface area contributed by atoms with Crippen LogP contribution in [0.15, 0.2) is 54.6 Å². The normalized spacial score (nSPS) is 19.1. The Labute approximate surface area is 164 Å². The summed E-state index contributed by atoms with van der Waals surface area (Å²) in [6, 6.07) is 16.8. The van der Waals surface area contributed by atoms with Gasteiger partial charge in [0.05, 0.1) is 6.61 Å². The molecule has 1 heterocycles. The monoisotopic (exact) mass is 383 g/mol. The lowest BCUT2D eigenvalue weighted by molar-refractivity contribution is -0.148. The quantitative estimate of drug-likeness (QED) is 0.540. The predicted molar refractivity (Wildman–Crippen MR) is 109 cm³/mol. The third kappa shape index (κ3) is 4.35. The van der Waals surface area contributed by atoms with Crippen molar-refractivity contribution >= 4 is 23.6 Å². The number of aryl methyl sites for hydroxylation is 1. The molecule has 0 bridgehead atoms. The lowest BCUT2D eigenvalue weighted by atomic mass is 10.1. The number of hydrogen-bond acceptors (Lipinski definition) is 4. The van der Waals surface area contributed by atoms with Crippen molar-refractivity contribution in [3.63, 3.8) is 0 Å². The van der Waals surface area contributed by atoms with Gasteiger partial charge in [-0.15, -0.1) is 11.8 Å². The third-order valence-electron chi connectivity index (χ3n) is 4.71. The van der Waals surface area contributed by atoms with Crippen LogP contribution in [-0.2, 0) is 9.53 Å². The Kier molecular flexibility index (Phi) is 6.56. The third-order valence-corrected chi connectivity index (χ3v) is 6.03. The predicted octanol–water partition coefficient (Wildman–Crippen LogP) is 4.59. The average molecular weight is 384 g/mol. The Morgan fingerprint density at radius 3 is 2.52 bits per heavy atom. The number of carbonyl (C=O) groups is 2. The molecule has 1 aliphatic rings. The molecule has 1 fully saturated rings. The highest BCUT2D eigenvalue weighted by Crippen LogP contribution is 2.42. The molecule has 142 valence electrons. The zero-order valence-corrected chi connectivity index (χ0v) is 16.6. The summed E-state index contributed by atoms with van der Waals surface area (Å²) in [5.41, 5.74) is 2.56. The molecule has 2 atom stereocenters. The molecule has 2 aromatic rings. The molecule has 2 aromatic carbocycles. The first kappa shape index (κ1) is 19.5. The number of unbranched alkanes of at least 4 members (excludes halogenated alkanes) is 1. The van der Waals surface area contributed by atoms with Gasteiger partial charge in [0.2, 0.25) is 0 Å². The van der Waals surface area contributed by atoms with Crippen molar-refractivity contribution in [2.45, 2.75) is 38.1 Å². The Morgan fingerprint density at radius 1 is 1.11 bits per heavy atom. The Bertz CT molecular complexity index is 793. The standard InChI is InChI=1S/C22H25NO3S/c1-3-4-14-26-22(25)19-15-27-21(17-11-6-5-7-12-17)23(19)20(24)18-13-9-8-10-16(18)2/h5-13,19,21H,3-4,14-15H2,1-2H3. The van der Waals surface area contributed by atoms with Gasteiger partial charge in [0, 0.05) is 11.3 Å². The molecule has 0 aromatic heterocycles. The molecular formula is C22H25NO3S. The van der Waals surface area contributed by atoms with Crippen molar-refractivity contribution in [2.24, 2.45) is 0 Å². The highest BCUT2D eigenvalue weighted by Gasteiger charge is 2.43. The van der Waals surface area contributed by atoms with E-state index in [2.05, 4.69) is 6.92 Å². The number of rotatable bonds is 6. The second-order valence-corrected chi connectivity index (χ2v) is 7.77. The molecule has 4 nitrogen and oxygen atoms in total. The molecule has 1 saturated heterocycles. The first-order valence-electron chi connectivity index (χ1n) is 9.35.